The maximum atomic E-state index is 10.7. The van der Waals surface area contributed by atoms with Crippen LogP contribution < -0.4 is 4.57 Å². The van der Waals surface area contributed by atoms with E-state index in [0.717, 1.165) is 6.54 Å². The van der Waals surface area contributed by atoms with Crippen LogP contribution in [0, 0.1) is 0 Å². The SMILES string of the molecule is C=CCn1cc[n+](CCCS(=O)(=O)Cl)c1. The number of aryl methyl sites for hydroxylation is 1. The van der Waals surface area contributed by atoms with Gasteiger partial charge in [-0.1, -0.05) is 12.7 Å². The average Bonchev–Trinajstić information content (AvgIpc) is 2.51. The second-order valence-electron chi connectivity index (χ2n) is 3.23. The van der Waals surface area contributed by atoms with E-state index in [1.165, 1.54) is 0 Å². The quantitative estimate of drug-likeness (QED) is 0.428. The molecule has 0 saturated heterocycles. The molecule has 0 atom stereocenters. The van der Waals surface area contributed by atoms with Gasteiger partial charge in [0.15, 0.2) is 0 Å². The van der Waals surface area contributed by atoms with Crippen molar-refractivity contribution in [3.05, 3.63) is 31.4 Å². The highest BCUT2D eigenvalue weighted by Crippen LogP contribution is 1.98. The lowest BCUT2D eigenvalue weighted by Gasteiger charge is -1.94. The number of allylic oxidation sites excluding steroid dienone is 1. The van der Waals surface area contributed by atoms with Crippen LogP contribution in [0.15, 0.2) is 31.4 Å². The molecule has 1 heterocycles. The zero-order valence-corrected chi connectivity index (χ0v) is 9.91. The zero-order valence-electron chi connectivity index (χ0n) is 8.34. The number of nitrogens with zero attached hydrogens (tertiary/aromatic N) is 2. The minimum Gasteiger partial charge on any atom is -0.237 e. The minimum absolute atomic E-state index is 0.00813. The van der Waals surface area contributed by atoms with E-state index in [4.69, 9.17) is 10.7 Å². The summed E-state index contributed by atoms with van der Waals surface area (Å²) in [6.45, 7) is 5.03. The zero-order chi connectivity index (χ0) is 11.3. The third kappa shape index (κ3) is 4.99. The van der Waals surface area contributed by atoms with Crippen LogP contribution in [0.5, 0.6) is 0 Å². The van der Waals surface area contributed by atoms with Crippen molar-refractivity contribution in [2.75, 3.05) is 5.75 Å². The van der Waals surface area contributed by atoms with E-state index in [-0.39, 0.29) is 5.75 Å². The molecule has 0 N–H and O–H groups in total. The van der Waals surface area contributed by atoms with E-state index in [1.54, 1.807) is 6.08 Å². The van der Waals surface area contributed by atoms with Gasteiger partial charge in [0.2, 0.25) is 15.4 Å². The van der Waals surface area contributed by atoms with E-state index in [0.29, 0.717) is 13.0 Å². The fourth-order valence-corrected chi connectivity index (χ4v) is 2.05. The first-order chi connectivity index (χ1) is 7.01. The van der Waals surface area contributed by atoms with Gasteiger partial charge >= 0.3 is 0 Å². The molecule has 0 fully saturated rings. The Hall–Kier alpha value is -0.810. The highest BCUT2D eigenvalue weighted by atomic mass is 35.7. The monoisotopic (exact) mass is 249 g/mol. The molecular weight excluding hydrogens is 236 g/mol. The normalized spacial score (nSPS) is 11.5. The predicted octanol–water partition coefficient (Wildman–Crippen LogP) is 0.920. The first-order valence-corrected chi connectivity index (χ1v) is 7.07. The van der Waals surface area contributed by atoms with E-state index in [9.17, 15) is 8.42 Å². The van der Waals surface area contributed by atoms with Gasteiger partial charge in [0.05, 0.1) is 12.3 Å². The lowest BCUT2D eigenvalue weighted by atomic mass is 10.5. The fraction of sp³-hybridized carbons (Fsp3) is 0.444. The van der Waals surface area contributed by atoms with Crippen LogP contribution in [0.25, 0.3) is 0 Å². The number of aromatic nitrogens is 2. The van der Waals surface area contributed by atoms with Crippen molar-refractivity contribution >= 4 is 19.7 Å². The Morgan fingerprint density at radius 2 is 2.27 bits per heavy atom. The van der Waals surface area contributed by atoms with Gasteiger partial charge in [0.25, 0.3) is 0 Å². The molecule has 1 aromatic rings. The molecule has 1 rings (SSSR count). The van der Waals surface area contributed by atoms with Crippen LogP contribution >= 0.6 is 10.7 Å². The van der Waals surface area contributed by atoms with Crippen molar-refractivity contribution in [3.63, 3.8) is 0 Å². The summed E-state index contributed by atoms with van der Waals surface area (Å²) in [5.74, 6) is 0.00813. The lowest BCUT2D eigenvalue weighted by Crippen LogP contribution is -2.31. The molecule has 6 heteroatoms. The molecule has 0 aromatic carbocycles. The maximum Gasteiger partial charge on any atom is 0.244 e. The number of hydrogen-bond donors (Lipinski definition) is 0. The van der Waals surface area contributed by atoms with Crippen molar-refractivity contribution in [1.82, 2.24) is 4.57 Å². The Kier molecular flexibility index (Phi) is 4.35. The first-order valence-electron chi connectivity index (χ1n) is 4.59. The summed E-state index contributed by atoms with van der Waals surface area (Å²) in [6, 6.07) is 0. The maximum absolute atomic E-state index is 10.7. The number of rotatable bonds is 6. The van der Waals surface area contributed by atoms with Crippen molar-refractivity contribution in [1.29, 1.82) is 0 Å². The van der Waals surface area contributed by atoms with Crippen molar-refractivity contribution in [2.45, 2.75) is 19.5 Å². The van der Waals surface area contributed by atoms with Crippen molar-refractivity contribution in [3.8, 4) is 0 Å². The molecule has 0 aliphatic carbocycles. The Bertz CT molecular complexity index is 425. The Morgan fingerprint density at radius 3 is 2.87 bits per heavy atom. The summed E-state index contributed by atoms with van der Waals surface area (Å²) in [5, 5.41) is 0. The molecule has 0 amide bonds. The van der Waals surface area contributed by atoms with Gasteiger partial charge in [-0.15, -0.1) is 0 Å². The molecule has 0 spiro atoms. The van der Waals surface area contributed by atoms with Gasteiger partial charge in [-0.05, 0) is 0 Å². The second-order valence-corrected chi connectivity index (χ2v) is 6.13. The summed E-state index contributed by atoms with van der Waals surface area (Å²) in [6.07, 6.45) is 8.03. The molecule has 4 nitrogen and oxygen atoms in total. The average molecular weight is 250 g/mol. The van der Waals surface area contributed by atoms with Gasteiger partial charge in [-0.2, -0.15) is 0 Å². The van der Waals surface area contributed by atoms with E-state index in [2.05, 4.69) is 6.58 Å². The van der Waals surface area contributed by atoms with E-state index >= 15 is 0 Å². The molecular formula is C9H14ClN2O2S+. The van der Waals surface area contributed by atoms with Gasteiger partial charge in [0, 0.05) is 17.1 Å². The molecule has 0 aliphatic heterocycles. The van der Waals surface area contributed by atoms with Gasteiger partial charge < -0.3 is 0 Å². The van der Waals surface area contributed by atoms with Crippen LogP contribution in [0.3, 0.4) is 0 Å². The Labute approximate surface area is 94.2 Å². The Morgan fingerprint density at radius 1 is 1.53 bits per heavy atom. The molecule has 0 saturated carbocycles. The third-order valence-electron chi connectivity index (χ3n) is 1.89. The Balaban J connectivity index is 2.41. The summed E-state index contributed by atoms with van der Waals surface area (Å²) >= 11 is 0. The molecule has 15 heavy (non-hydrogen) atoms. The van der Waals surface area contributed by atoms with Gasteiger partial charge in [-0.3, -0.25) is 0 Å². The first kappa shape index (κ1) is 12.3. The molecule has 0 aliphatic rings. The highest BCUT2D eigenvalue weighted by molar-refractivity contribution is 8.13. The van der Waals surface area contributed by atoms with E-state index < -0.39 is 9.05 Å². The third-order valence-corrected chi connectivity index (χ3v) is 3.13. The van der Waals surface area contributed by atoms with Gasteiger partial charge in [0.1, 0.15) is 18.9 Å². The number of hydrogen-bond acceptors (Lipinski definition) is 2. The molecule has 1 aromatic heterocycles. The van der Waals surface area contributed by atoms with Gasteiger partial charge in [-0.25, -0.2) is 17.6 Å². The highest BCUT2D eigenvalue weighted by Gasteiger charge is 2.07. The fourth-order valence-electron chi connectivity index (χ4n) is 1.25. The minimum atomic E-state index is -3.36. The van der Waals surface area contributed by atoms with Crippen molar-refractivity contribution in [2.24, 2.45) is 0 Å². The summed E-state index contributed by atoms with van der Waals surface area (Å²) in [5.41, 5.74) is 0. The number of imidazole rings is 1. The molecule has 84 valence electrons. The topological polar surface area (TPSA) is 43.0 Å². The van der Waals surface area contributed by atoms with Crippen molar-refractivity contribution < 1.29 is 13.0 Å². The second kappa shape index (κ2) is 5.32. The van der Waals surface area contributed by atoms with Crippen LogP contribution in [0.2, 0.25) is 0 Å². The number of halogens is 1. The molecule has 0 bridgehead atoms. The summed E-state index contributed by atoms with van der Waals surface area (Å²) in [4.78, 5) is 0. The largest absolute Gasteiger partial charge is 0.244 e. The van der Waals surface area contributed by atoms with Crippen LogP contribution in [0.1, 0.15) is 6.42 Å². The predicted molar refractivity (Wildman–Crippen MR) is 59.1 cm³/mol. The molecule has 0 unspecified atom stereocenters. The standard InChI is InChI=1S/C9H14ClN2O2S/c1-2-4-11-6-7-12(9-11)5-3-8-15(10,13)14/h2,6-7,9H,1,3-5,8H2/q+1. The summed E-state index contributed by atoms with van der Waals surface area (Å²) in [7, 11) is 1.74. The van der Waals surface area contributed by atoms with E-state index in [1.807, 2.05) is 27.9 Å². The lowest BCUT2D eigenvalue weighted by molar-refractivity contribution is -0.696. The van der Waals surface area contributed by atoms with Crippen LogP contribution in [-0.4, -0.2) is 18.7 Å². The van der Waals surface area contributed by atoms with Crippen LogP contribution in [-0.2, 0) is 22.1 Å². The summed E-state index contributed by atoms with van der Waals surface area (Å²) < 4.78 is 25.2. The molecule has 0 radical (unpaired) electrons. The van der Waals surface area contributed by atoms with Crippen LogP contribution in [0.4, 0.5) is 0 Å². The smallest absolute Gasteiger partial charge is 0.237 e.